The van der Waals surface area contributed by atoms with E-state index in [1.165, 1.54) is 6.92 Å². The van der Waals surface area contributed by atoms with Crippen LogP contribution >= 0.6 is 0 Å². The number of ketones is 3. The molecule has 4 aromatic carbocycles. The minimum Gasteiger partial charge on any atom is -0.295 e. The third-order valence-electron chi connectivity index (χ3n) is 6.73. The lowest BCUT2D eigenvalue weighted by atomic mass is 9.96. The number of benzene rings is 4. The van der Waals surface area contributed by atoms with E-state index in [4.69, 9.17) is 0 Å². The molecule has 6 rings (SSSR count). The second kappa shape index (κ2) is 9.37. The predicted molar refractivity (Wildman–Crippen MR) is 148 cm³/mol. The summed E-state index contributed by atoms with van der Waals surface area (Å²) < 4.78 is 1.88. The summed E-state index contributed by atoms with van der Waals surface area (Å²) in [5, 5.41) is 1.47. The quantitative estimate of drug-likeness (QED) is 0.238. The average molecular weight is 495 g/mol. The first-order valence-electron chi connectivity index (χ1n) is 12.3. The van der Waals surface area contributed by atoms with E-state index in [1.807, 2.05) is 71.3 Å². The lowest BCUT2D eigenvalue weighted by Crippen LogP contribution is -2.09. The van der Waals surface area contributed by atoms with Crippen LogP contribution in [0.1, 0.15) is 49.1 Å². The number of pyridine rings is 1. The first kappa shape index (κ1) is 23.3. The Balaban J connectivity index is 1.78. The minimum absolute atomic E-state index is 0.140. The fourth-order valence-electron chi connectivity index (χ4n) is 4.96. The molecule has 0 fully saturated rings. The van der Waals surface area contributed by atoms with Gasteiger partial charge in [-0.3, -0.25) is 19.0 Å². The predicted octanol–water partition coefficient (Wildman–Crippen LogP) is 6.84. The van der Waals surface area contributed by atoms with Gasteiger partial charge in [-0.25, -0.2) is 4.98 Å². The Morgan fingerprint density at radius 2 is 1.18 bits per heavy atom. The number of nitrogens with zero attached hydrogens (tertiary/aromatic N) is 2. The van der Waals surface area contributed by atoms with E-state index >= 15 is 0 Å². The molecule has 0 atom stereocenters. The van der Waals surface area contributed by atoms with E-state index in [2.05, 4.69) is 4.98 Å². The van der Waals surface area contributed by atoms with E-state index in [1.54, 1.807) is 48.7 Å². The van der Waals surface area contributed by atoms with Crippen molar-refractivity contribution in [2.45, 2.75) is 6.92 Å². The van der Waals surface area contributed by atoms with Crippen LogP contribution in [0.4, 0.5) is 0 Å². The molecule has 5 nitrogen and oxygen atoms in total. The molecule has 0 aliphatic carbocycles. The van der Waals surface area contributed by atoms with Gasteiger partial charge in [0.25, 0.3) is 0 Å². The van der Waals surface area contributed by atoms with Crippen molar-refractivity contribution in [1.82, 2.24) is 9.55 Å². The molecule has 0 saturated heterocycles. The van der Waals surface area contributed by atoms with Crippen molar-refractivity contribution in [2.24, 2.45) is 0 Å². The van der Waals surface area contributed by atoms with Gasteiger partial charge in [-0.15, -0.1) is 0 Å². The fourth-order valence-corrected chi connectivity index (χ4v) is 4.96. The van der Waals surface area contributed by atoms with E-state index in [0.29, 0.717) is 50.1 Å². The molecule has 0 spiro atoms. The fraction of sp³-hybridized carbons (Fsp3) is 0.0303. The van der Waals surface area contributed by atoms with Crippen molar-refractivity contribution in [2.75, 3.05) is 0 Å². The Kier molecular flexibility index (Phi) is 5.74. The number of carbonyl (C=O) groups excluding carboxylic acids is 3. The first-order valence-corrected chi connectivity index (χ1v) is 12.3. The molecule has 0 aliphatic rings. The normalized spacial score (nSPS) is 11.1. The highest BCUT2D eigenvalue weighted by molar-refractivity contribution is 6.26. The van der Waals surface area contributed by atoms with E-state index in [-0.39, 0.29) is 17.3 Å². The first-order chi connectivity index (χ1) is 18.5. The molecule has 2 heterocycles. The number of aromatic nitrogens is 2. The third-order valence-corrected chi connectivity index (χ3v) is 6.73. The third kappa shape index (κ3) is 3.82. The van der Waals surface area contributed by atoms with Gasteiger partial charge in [0.1, 0.15) is 5.82 Å². The van der Waals surface area contributed by atoms with Crippen LogP contribution in [0.5, 0.6) is 0 Å². The zero-order chi connectivity index (χ0) is 26.2. The van der Waals surface area contributed by atoms with Gasteiger partial charge in [0.05, 0.1) is 11.0 Å². The number of carbonyl (C=O) groups is 3. The molecule has 38 heavy (non-hydrogen) atoms. The smallest absolute Gasteiger partial charge is 0.195 e. The Hall–Kier alpha value is -5.16. The van der Waals surface area contributed by atoms with Crippen LogP contribution in [0, 0.1) is 0 Å². The zero-order valence-electron chi connectivity index (χ0n) is 20.6. The van der Waals surface area contributed by atoms with E-state index in [0.717, 1.165) is 5.39 Å². The second-order valence-corrected chi connectivity index (χ2v) is 9.09. The number of fused-ring (bicyclic) bond motifs is 3. The van der Waals surface area contributed by atoms with Crippen molar-refractivity contribution in [3.05, 3.63) is 143 Å². The molecule has 0 saturated carbocycles. The summed E-state index contributed by atoms with van der Waals surface area (Å²) in [4.78, 5) is 44.9. The minimum atomic E-state index is -0.213. The Bertz CT molecular complexity index is 1860. The maximum Gasteiger partial charge on any atom is 0.195 e. The van der Waals surface area contributed by atoms with Gasteiger partial charge in [-0.05, 0) is 37.3 Å². The second-order valence-electron chi connectivity index (χ2n) is 9.09. The summed E-state index contributed by atoms with van der Waals surface area (Å²) in [6.07, 6.45) is 1.68. The number of para-hydroxylation sites is 1. The van der Waals surface area contributed by atoms with Gasteiger partial charge in [0, 0.05) is 44.8 Å². The molecule has 0 aliphatic heterocycles. The van der Waals surface area contributed by atoms with Crippen molar-refractivity contribution in [3.8, 4) is 5.82 Å². The summed E-state index contributed by atoms with van der Waals surface area (Å²) in [5.41, 5.74) is 3.59. The van der Waals surface area contributed by atoms with Gasteiger partial charge >= 0.3 is 0 Å². The highest BCUT2D eigenvalue weighted by Gasteiger charge is 2.25. The lowest BCUT2D eigenvalue weighted by Gasteiger charge is -2.13. The molecular formula is C33H22N2O3. The standard InChI is InChI=1S/C33H22N2O3/c1-21(36)24-19-27-25-15-10-16-26(32(37)22-11-4-2-5-12-22)30(25)35(29-17-8-9-18-34-29)31(27)28(20-24)33(38)23-13-6-3-7-14-23/h2-20H,1H3. The molecule has 2 aromatic heterocycles. The van der Waals surface area contributed by atoms with Gasteiger partial charge < -0.3 is 0 Å². The van der Waals surface area contributed by atoms with Crippen LogP contribution in [0.2, 0.25) is 0 Å². The molecule has 5 heteroatoms. The molecule has 0 radical (unpaired) electrons. The van der Waals surface area contributed by atoms with Gasteiger partial charge in [0.2, 0.25) is 0 Å². The zero-order valence-corrected chi connectivity index (χ0v) is 20.6. The highest BCUT2D eigenvalue weighted by Crippen LogP contribution is 2.37. The summed E-state index contributed by atoms with van der Waals surface area (Å²) in [6, 6.07) is 32.6. The summed E-state index contributed by atoms with van der Waals surface area (Å²) >= 11 is 0. The molecular weight excluding hydrogens is 472 g/mol. The number of rotatable bonds is 6. The average Bonchev–Trinajstić information content (AvgIpc) is 3.32. The topological polar surface area (TPSA) is 69.0 Å². The van der Waals surface area contributed by atoms with Crippen molar-refractivity contribution in [1.29, 1.82) is 0 Å². The largest absolute Gasteiger partial charge is 0.295 e. The molecule has 0 N–H and O–H groups in total. The molecule has 182 valence electrons. The molecule has 0 amide bonds. The SMILES string of the molecule is CC(=O)c1cc(C(=O)c2ccccc2)c2c(c1)c1cccc(C(=O)c3ccccc3)c1n2-c1ccccn1. The van der Waals surface area contributed by atoms with Crippen molar-refractivity contribution < 1.29 is 14.4 Å². The lowest BCUT2D eigenvalue weighted by molar-refractivity contribution is 0.101. The van der Waals surface area contributed by atoms with Crippen molar-refractivity contribution >= 4 is 39.2 Å². The van der Waals surface area contributed by atoms with Gasteiger partial charge in [-0.1, -0.05) is 78.9 Å². The molecule has 6 aromatic rings. The highest BCUT2D eigenvalue weighted by atomic mass is 16.1. The molecule has 0 unspecified atom stereocenters. The van der Waals surface area contributed by atoms with E-state index in [9.17, 15) is 14.4 Å². The van der Waals surface area contributed by atoms with Gasteiger partial charge in [-0.2, -0.15) is 0 Å². The number of hydrogen-bond donors (Lipinski definition) is 0. The van der Waals surface area contributed by atoms with Crippen LogP contribution < -0.4 is 0 Å². The monoisotopic (exact) mass is 494 g/mol. The van der Waals surface area contributed by atoms with Gasteiger partial charge in [0.15, 0.2) is 17.3 Å². The van der Waals surface area contributed by atoms with E-state index < -0.39 is 0 Å². The Labute approximate surface area is 219 Å². The van der Waals surface area contributed by atoms with Crippen molar-refractivity contribution in [3.63, 3.8) is 0 Å². The summed E-state index contributed by atoms with van der Waals surface area (Å²) in [5.74, 6) is 0.0660. The maximum absolute atomic E-state index is 13.9. The Morgan fingerprint density at radius 3 is 1.79 bits per heavy atom. The van der Waals surface area contributed by atoms with Crippen LogP contribution in [-0.2, 0) is 0 Å². The van der Waals surface area contributed by atoms with Crippen LogP contribution in [0.3, 0.4) is 0 Å². The van der Waals surface area contributed by atoms with Crippen LogP contribution in [0.25, 0.3) is 27.6 Å². The van der Waals surface area contributed by atoms with Crippen LogP contribution in [-0.4, -0.2) is 26.9 Å². The summed E-state index contributed by atoms with van der Waals surface area (Å²) in [7, 11) is 0. The van der Waals surface area contributed by atoms with Crippen LogP contribution in [0.15, 0.2) is 115 Å². The summed E-state index contributed by atoms with van der Waals surface area (Å²) in [6.45, 7) is 1.49. The number of hydrogen-bond acceptors (Lipinski definition) is 4. The molecule has 0 bridgehead atoms. The Morgan fingerprint density at radius 1 is 0.579 bits per heavy atom. The number of Topliss-reactive ketones (excluding diaryl/α,β-unsaturated/α-hetero) is 1. The maximum atomic E-state index is 13.9.